The zero-order valence-electron chi connectivity index (χ0n) is 5.41. The normalized spacial score (nSPS) is 47.0. The molecule has 0 N–H and O–H groups in total. The van der Waals surface area contributed by atoms with Crippen LogP contribution in [0.1, 0.15) is 6.92 Å². The topological polar surface area (TPSA) is 18.5 Å². The zero-order valence-corrected chi connectivity index (χ0v) is 5.41. The molecule has 0 aromatic carbocycles. The Morgan fingerprint density at radius 3 is 3.22 bits per heavy atom. The van der Waals surface area contributed by atoms with Crippen LogP contribution in [-0.4, -0.2) is 18.8 Å². The van der Waals surface area contributed by atoms with Gasteiger partial charge < -0.3 is 9.47 Å². The van der Waals surface area contributed by atoms with Gasteiger partial charge in [-0.15, -0.1) is 0 Å². The second-order valence-corrected chi connectivity index (χ2v) is 2.70. The van der Waals surface area contributed by atoms with Crippen molar-refractivity contribution in [3.63, 3.8) is 0 Å². The second kappa shape index (κ2) is 1.74. The van der Waals surface area contributed by atoms with Gasteiger partial charge in [-0.25, -0.2) is 0 Å². The fourth-order valence-electron chi connectivity index (χ4n) is 1.37. The van der Waals surface area contributed by atoms with Gasteiger partial charge in [-0.3, -0.25) is 0 Å². The summed E-state index contributed by atoms with van der Waals surface area (Å²) in [4.78, 5) is 0. The first-order chi connectivity index (χ1) is 4.38. The molecule has 2 rings (SSSR count). The number of hydrogen-bond donors (Lipinski definition) is 0. The van der Waals surface area contributed by atoms with E-state index in [1.165, 1.54) is 0 Å². The number of hydrogen-bond acceptors (Lipinski definition) is 2. The van der Waals surface area contributed by atoms with Gasteiger partial charge in [0, 0.05) is 5.92 Å². The molecule has 2 aliphatic heterocycles. The van der Waals surface area contributed by atoms with Crippen molar-refractivity contribution in [2.24, 2.45) is 5.92 Å². The highest BCUT2D eigenvalue weighted by atomic mass is 16.6. The third-order valence-electron chi connectivity index (χ3n) is 1.94. The first kappa shape index (κ1) is 5.30. The minimum absolute atomic E-state index is 0.250. The van der Waals surface area contributed by atoms with Crippen LogP contribution in [-0.2, 0) is 9.47 Å². The molecule has 3 atom stereocenters. The van der Waals surface area contributed by atoms with Crippen molar-refractivity contribution in [1.82, 2.24) is 0 Å². The van der Waals surface area contributed by atoms with Crippen LogP contribution < -0.4 is 0 Å². The van der Waals surface area contributed by atoms with E-state index in [2.05, 4.69) is 6.92 Å². The van der Waals surface area contributed by atoms with Crippen LogP contribution in [0.15, 0.2) is 12.3 Å². The molecule has 2 heteroatoms. The lowest BCUT2D eigenvalue weighted by molar-refractivity contribution is 0.0864. The molecule has 0 amide bonds. The van der Waals surface area contributed by atoms with Crippen LogP contribution in [0.5, 0.6) is 0 Å². The monoisotopic (exact) mass is 126 g/mol. The average Bonchev–Trinajstić information content (AvgIpc) is 2.35. The van der Waals surface area contributed by atoms with E-state index in [-0.39, 0.29) is 6.10 Å². The van der Waals surface area contributed by atoms with Crippen LogP contribution in [0.25, 0.3) is 0 Å². The van der Waals surface area contributed by atoms with Gasteiger partial charge in [0.15, 0.2) is 0 Å². The molecule has 0 aliphatic carbocycles. The molecule has 0 radical (unpaired) electrons. The minimum Gasteiger partial charge on any atom is -0.495 e. The minimum atomic E-state index is 0.250. The van der Waals surface area contributed by atoms with E-state index in [1.54, 1.807) is 6.26 Å². The van der Waals surface area contributed by atoms with Crippen LogP contribution in [0.3, 0.4) is 0 Å². The molecule has 1 saturated heterocycles. The summed E-state index contributed by atoms with van der Waals surface area (Å²) >= 11 is 0. The van der Waals surface area contributed by atoms with E-state index < -0.39 is 0 Å². The van der Waals surface area contributed by atoms with E-state index >= 15 is 0 Å². The molecule has 0 aromatic rings. The molecule has 0 spiro atoms. The smallest absolute Gasteiger partial charge is 0.132 e. The first-order valence-electron chi connectivity index (χ1n) is 3.31. The van der Waals surface area contributed by atoms with Crippen LogP contribution in [0, 0.1) is 5.92 Å². The van der Waals surface area contributed by atoms with Crippen LogP contribution in [0.2, 0.25) is 0 Å². The van der Waals surface area contributed by atoms with Gasteiger partial charge in [0.05, 0.1) is 12.9 Å². The summed E-state index contributed by atoms with van der Waals surface area (Å²) in [5.41, 5.74) is 0. The molecular weight excluding hydrogens is 116 g/mol. The van der Waals surface area contributed by atoms with Gasteiger partial charge in [-0.2, -0.15) is 0 Å². The lowest BCUT2D eigenvalue weighted by atomic mass is 10.1. The Balaban J connectivity index is 2.13. The van der Waals surface area contributed by atoms with Crippen molar-refractivity contribution in [3.05, 3.63) is 12.3 Å². The van der Waals surface area contributed by atoms with Crippen molar-refractivity contribution >= 4 is 0 Å². The molecule has 0 saturated carbocycles. The molecule has 2 nitrogen and oxygen atoms in total. The lowest BCUT2D eigenvalue weighted by Gasteiger charge is -2.10. The molecule has 0 unspecified atom stereocenters. The van der Waals surface area contributed by atoms with Crippen molar-refractivity contribution in [3.8, 4) is 0 Å². The summed E-state index contributed by atoms with van der Waals surface area (Å²) in [6, 6.07) is 0. The maximum absolute atomic E-state index is 5.38. The Morgan fingerprint density at radius 2 is 2.44 bits per heavy atom. The molecule has 1 fully saturated rings. The molecule has 50 valence electrons. The second-order valence-electron chi connectivity index (χ2n) is 2.70. The summed E-state index contributed by atoms with van der Waals surface area (Å²) in [5.74, 6) is 0.560. The Hall–Kier alpha value is -0.500. The maximum atomic E-state index is 5.38. The summed E-state index contributed by atoms with van der Waals surface area (Å²) in [7, 11) is 0. The van der Waals surface area contributed by atoms with Crippen molar-refractivity contribution in [2.75, 3.05) is 6.61 Å². The van der Waals surface area contributed by atoms with Crippen LogP contribution >= 0.6 is 0 Å². The number of rotatable bonds is 0. The van der Waals surface area contributed by atoms with E-state index in [0.29, 0.717) is 12.0 Å². The van der Waals surface area contributed by atoms with Crippen molar-refractivity contribution in [1.29, 1.82) is 0 Å². The average molecular weight is 126 g/mol. The molecule has 0 bridgehead atoms. The quantitative estimate of drug-likeness (QED) is 0.480. The summed E-state index contributed by atoms with van der Waals surface area (Å²) < 4.78 is 10.7. The number of fused-ring (bicyclic) bond motifs is 1. The summed E-state index contributed by atoms with van der Waals surface area (Å²) in [5, 5.41) is 0. The molecule has 2 heterocycles. The summed E-state index contributed by atoms with van der Waals surface area (Å²) in [6.07, 6.45) is 4.28. The molecule has 2 aliphatic rings. The van der Waals surface area contributed by atoms with Gasteiger partial charge in [0.25, 0.3) is 0 Å². The van der Waals surface area contributed by atoms with Crippen molar-refractivity contribution in [2.45, 2.75) is 19.1 Å². The van der Waals surface area contributed by atoms with E-state index in [9.17, 15) is 0 Å². The maximum Gasteiger partial charge on any atom is 0.132 e. The molecular formula is C7H10O2. The van der Waals surface area contributed by atoms with Gasteiger partial charge >= 0.3 is 0 Å². The largest absolute Gasteiger partial charge is 0.495 e. The van der Waals surface area contributed by atoms with Crippen LogP contribution in [0.4, 0.5) is 0 Å². The zero-order chi connectivity index (χ0) is 6.27. The van der Waals surface area contributed by atoms with Gasteiger partial charge in [-0.05, 0) is 6.08 Å². The Labute approximate surface area is 54.5 Å². The van der Waals surface area contributed by atoms with E-state index in [4.69, 9.17) is 9.47 Å². The van der Waals surface area contributed by atoms with E-state index in [1.807, 2.05) is 6.08 Å². The summed E-state index contributed by atoms with van der Waals surface area (Å²) in [6.45, 7) is 3.00. The van der Waals surface area contributed by atoms with Gasteiger partial charge in [0.2, 0.25) is 0 Å². The van der Waals surface area contributed by atoms with Gasteiger partial charge in [-0.1, -0.05) is 6.92 Å². The molecule has 9 heavy (non-hydrogen) atoms. The molecule has 0 aromatic heterocycles. The SMILES string of the molecule is C[C@@H]1CO[C@@H]2C=CO[C@H]12. The Morgan fingerprint density at radius 1 is 1.56 bits per heavy atom. The first-order valence-corrected chi connectivity index (χ1v) is 3.31. The Kier molecular flexibility index (Phi) is 1.02. The highest BCUT2D eigenvalue weighted by Gasteiger charge is 2.36. The third-order valence-corrected chi connectivity index (χ3v) is 1.94. The fraction of sp³-hybridized carbons (Fsp3) is 0.714. The van der Waals surface area contributed by atoms with Crippen molar-refractivity contribution < 1.29 is 9.47 Å². The third kappa shape index (κ3) is 0.663. The predicted molar refractivity (Wildman–Crippen MR) is 32.9 cm³/mol. The Bertz CT molecular complexity index is 142. The fourth-order valence-corrected chi connectivity index (χ4v) is 1.37. The van der Waals surface area contributed by atoms with Gasteiger partial charge in [0.1, 0.15) is 12.2 Å². The highest BCUT2D eigenvalue weighted by molar-refractivity contribution is 5.02. The predicted octanol–water partition coefficient (Wildman–Crippen LogP) is 0.934. The van der Waals surface area contributed by atoms with E-state index in [0.717, 1.165) is 6.61 Å². The standard InChI is InChI=1S/C7H10O2/c1-5-4-9-6-2-3-8-7(5)6/h2-3,5-7H,4H2,1H3/t5-,6-,7-/m1/s1. The highest BCUT2D eigenvalue weighted by Crippen LogP contribution is 2.27. The number of ether oxygens (including phenoxy) is 2. The lowest BCUT2D eigenvalue weighted by Crippen LogP contribution is -2.20.